The summed E-state index contributed by atoms with van der Waals surface area (Å²) in [6, 6.07) is 12.1. The first-order valence-electron chi connectivity index (χ1n) is 8.97. The van der Waals surface area contributed by atoms with Gasteiger partial charge in [-0.3, -0.25) is 0 Å². The summed E-state index contributed by atoms with van der Waals surface area (Å²) in [7, 11) is 1.71. The second-order valence-electron chi connectivity index (χ2n) is 6.12. The van der Waals surface area contributed by atoms with E-state index in [9.17, 15) is 0 Å². The van der Waals surface area contributed by atoms with Gasteiger partial charge in [-0.05, 0) is 44.0 Å². The van der Waals surface area contributed by atoms with E-state index in [0.29, 0.717) is 30.5 Å². The van der Waals surface area contributed by atoms with Crippen molar-refractivity contribution in [1.29, 1.82) is 0 Å². The van der Waals surface area contributed by atoms with Crippen molar-refractivity contribution >= 4 is 11.6 Å². The number of hydrogen-bond acceptors (Lipinski definition) is 4. The van der Waals surface area contributed by atoms with Crippen molar-refractivity contribution in [2.45, 2.75) is 33.4 Å². The van der Waals surface area contributed by atoms with Gasteiger partial charge in [-0.2, -0.15) is 0 Å². The first-order chi connectivity index (χ1) is 12.6. The maximum atomic E-state index is 6.45. The molecule has 0 aliphatic heterocycles. The number of rotatable bonds is 11. The number of hydrogen-bond donors (Lipinski definition) is 1. The van der Waals surface area contributed by atoms with E-state index < -0.39 is 0 Å². The van der Waals surface area contributed by atoms with E-state index >= 15 is 0 Å². The zero-order chi connectivity index (χ0) is 18.8. The third-order valence-electron chi connectivity index (χ3n) is 3.91. The fourth-order valence-corrected chi connectivity index (χ4v) is 2.84. The Balaban J connectivity index is 2.04. The minimum Gasteiger partial charge on any atom is -0.490 e. The van der Waals surface area contributed by atoms with E-state index in [2.05, 4.69) is 24.4 Å². The molecule has 0 heterocycles. The quantitative estimate of drug-likeness (QED) is 0.573. The standard InChI is InChI=1S/C21H28ClNO3/c1-4-25-20-12-18(14-23-9-6-10-24-3)19(22)13-21(20)26-15-17-8-5-7-16(2)11-17/h5,7-8,11-13,23H,4,6,9-10,14-15H2,1-3H3. The summed E-state index contributed by atoms with van der Waals surface area (Å²) >= 11 is 6.45. The number of ether oxygens (including phenoxy) is 3. The van der Waals surface area contributed by atoms with Crippen molar-refractivity contribution in [3.8, 4) is 11.5 Å². The Bertz CT molecular complexity index is 691. The minimum absolute atomic E-state index is 0.479. The monoisotopic (exact) mass is 377 g/mol. The van der Waals surface area contributed by atoms with Gasteiger partial charge in [0.2, 0.25) is 0 Å². The molecule has 5 heteroatoms. The highest BCUT2D eigenvalue weighted by Crippen LogP contribution is 2.34. The smallest absolute Gasteiger partial charge is 0.163 e. The van der Waals surface area contributed by atoms with E-state index in [0.717, 1.165) is 36.4 Å². The lowest BCUT2D eigenvalue weighted by Gasteiger charge is -2.15. The molecule has 0 atom stereocenters. The van der Waals surface area contributed by atoms with Crippen molar-refractivity contribution in [3.05, 3.63) is 58.1 Å². The second-order valence-corrected chi connectivity index (χ2v) is 6.53. The molecule has 0 saturated heterocycles. The van der Waals surface area contributed by atoms with Crippen molar-refractivity contribution in [2.24, 2.45) is 0 Å². The molecule has 142 valence electrons. The van der Waals surface area contributed by atoms with Crippen LogP contribution in [-0.4, -0.2) is 26.9 Å². The molecular formula is C21H28ClNO3. The van der Waals surface area contributed by atoms with Crippen LogP contribution in [0.2, 0.25) is 5.02 Å². The van der Waals surface area contributed by atoms with Gasteiger partial charge in [-0.1, -0.05) is 41.4 Å². The number of nitrogens with one attached hydrogen (secondary N) is 1. The van der Waals surface area contributed by atoms with Crippen LogP contribution in [0.25, 0.3) is 0 Å². The molecule has 1 N–H and O–H groups in total. The summed E-state index contributed by atoms with van der Waals surface area (Å²) < 4.78 is 16.8. The molecule has 0 aromatic heterocycles. The molecule has 26 heavy (non-hydrogen) atoms. The van der Waals surface area contributed by atoms with Crippen molar-refractivity contribution in [1.82, 2.24) is 5.32 Å². The second kappa shape index (κ2) is 11.1. The zero-order valence-electron chi connectivity index (χ0n) is 15.8. The van der Waals surface area contributed by atoms with E-state index in [1.54, 1.807) is 7.11 Å². The van der Waals surface area contributed by atoms with Gasteiger partial charge in [-0.25, -0.2) is 0 Å². The number of methoxy groups -OCH3 is 1. The summed E-state index contributed by atoms with van der Waals surface area (Å²) in [5.41, 5.74) is 3.33. The molecule has 0 fully saturated rings. The van der Waals surface area contributed by atoms with Gasteiger partial charge in [0.05, 0.1) is 6.61 Å². The number of halogens is 1. The van der Waals surface area contributed by atoms with E-state index in [1.165, 1.54) is 5.56 Å². The molecular weight excluding hydrogens is 350 g/mol. The fraction of sp³-hybridized carbons (Fsp3) is 0.429. The SMILES string of the molecule is CCOc1cc(CNCCCOC)c(Cl)cc1OCc1cccc(C)c1. The topological polar surface area (TPSA) is 39.7 Å². The maximum absolute atomic E-state index is 6.45. The largest absolute Gasteiger partial charge is 0.490 e. The molecule has 2 aromatic carbocycles. The van der Waals surface area contributed by atoms with Crippen molar-refractivity contribution in [3.63, 3.8) is 0 Å². The molecule has 0 aliphatic carbocycles. The predicted octanol–water partition coefficient (Wildman–Crippen LogP) is 4.75. The van der Waals surface area contributed by atoms with Gasteiger partial charge in [-0.15, -0.1) is 0 Å². The molecule has 2 rings (SSSR count). The highest BCUT2D eigenvalue weighted by molar-refractivity contribution is 6.31. The summed E-state index contributed by atoms with van der Waals surface area (Å²) in [5, 5.41) is 4.04. The number of aryl methyl sites for hydroxylation is 1. The lowest BCUT2D eigenvalue weighted by Crippen LogP contribution is -2.16. The van der Waals surface area contributed by atoms with Crippen LogP contribution in [0.4, 0.5) is 0 Å². The molecule has 0 radical (unpaired) electrons. The zero-order valence-corrected chi connectivity index (χ0v) is 16.6. The third-order valence-corrected chi connectivity index (χ3v) is 4.26. The van der Waals surface area contributed by atoms with E-state index in [1.807, 2.05) is 31.2 Å². The van der Waals surface area contributed by atoms with Crippen molar-refractivity contribution < 1.29 is 14.2 Å². The maximum Gasteiger partial charge on any atom is 0.163 e. The molecule has 0 bridgehead atoms. The summed E-state index contributed by atoms with van der Waals surface area (Å²) in [4.78, 5) is 0. The van der Waals surface area contributed by atoms with Crippen LogP contribution >= 0.6 is 11.6 Å². The van der Waals surface area contributed by atoms with Crippen molar-refractivity contribution in [2.75, 3.05) is 26.9 Å². The van der Waals surface area contributed by atoms with E-state index in [-0.39, 0.29) is 0 Å². The van der Waals surface area contributed by atoms with Crippen LogP contribution in [-0.2, 0) is 17.9 Å². The van der Waals surface area contributed by atoms with Gasteiger partial charge in [0, 0.05) is 31.4 Å². The molecule has 0 saturated carbocycles. The van der Waals surface area contributed by atoms with Crippen LogP contribution < -0.4 is 14.8 Å². The molecule has 0 amide bonds. The van der Waals surface area contributed by atoms with Crippen LogP contribution in [0, 0.1) is 6.92 Å². The average Bonchev–Trinajstić information content (AvgIpc) is 2.62. The predicted molar refractivity (Wildman–Crippen MR) is 106 cm³/mol. The van der Waals surface area contributed by atoms with E-state index in [4.69, 9.17) is 25.8 Å². The molecule has 0 spiro atoms. The average molecular weight is 378 g/mol. The molecule has 4 nitrogen and oxygen atoms in total. The molecule has 2 aromatic rings. The fourth-order valence-electron chi connectivity index (χ4n) is 2.62. The first kappa shape index (κ1) is 20.6. The Labute approximate surface area is 161 Å². The lowest BCUT2D eigenvalue weighted by molar-refractivity contribution is 0.194. The van der Waals surface area contributed by atoms with Gasteiger partial charge >= 0.3 is 0 Å². The molecule has 0 unspecified atom stereocenters. The summed E-state index contributed by atoms with van der Waals surface area (Å²) in [6.45, 7) is 7.38. The number of benzene rings is 2. The van der Waals surface area contributed by atoms with Crippen LogP contribution in [0.15, 0.2) is 36.4 Å². The Morgan fingerprint density at radius 3 is 2.62 bits per heavy atom. The molecule has 0 aliphatic rings. The summed E-state index contributed by atoms with van der Waals surface area (Å²) in [6.07, 6.45) is 0.962. The minimum atomic E-state index is 0.479. The first-order valence-corrected chi connectivity index (χ1v) is 9.35. The Morgan fingerprint density at radius 2 is 1.88 bits per heavy atom. The highest BCUT2D eigenvalue weighted by atomic mass is 35.5. The van der Waals surface area contributed by atoms with Gasteiger partial charge < -0.3 is 19.5 Å². The third kappa shape index (κ3) is 6.52. The lowest BCUT2D eigenvalue weighted by atomic mass is 10.1. The van der Waals surface area contributed by atoms with Crippen LogP contribution in [0.1, 0.15) is 30.0 Å². The summed E-state index contributed by atoms with van der Waals surface area (Å²) in [5.74, 6) is 1.39. The van der Waals surface area contributed by atoms with Crippen LogP contribution in [0.3, 0.4) is 0 Å². The Kier molecular flexibility index (Phi) is 8.75. The van der Waals surface area contributed by atoms with Crippen LogP contribution in [0.5, 0.6) is 11.5 Å². The normalized spacial score (nSPS) is 10.8. The highest BCUT2D eigenvalue weighted by Gasteiger charge is 2.11. The Morgan fingerprint density at radius 1 is 1.08 bits per heavy atom. The van der Waals surface area contributed by atoms with Gasteiger partial charge in [0.1, 0.15) is 6.61 Å². The Hall–Kier alpha value is -1.75. The van der Waals surface area contributed by atoms with Gasteiger partial charge in [0.25, 0.3) is 0 Å². The van der Waals surface area contributed by atoms with Gasteiger partial charge in [0.15, 0.2) is 11.5 Å².